The Morgan fingerprint density at radius 3 is 2.71 bits per heavy atom. The number of fused-ring (bicyclic) bond motifs is 1. The Balaban J connectivity index is 0.00000280. The summed E-state index contributed by atoms with van der Waals surface area (Å²) in [6, 6.07) is 15.9. The second kappa shape index (κ2) is 11.5. The van der Waals surface area contributed by atoms with Gasteiger partial charge in [0, 0.05) is 39.0 Å². The number of benzene rings is 1. The van der Waals surface area contributed by atoms with Crippen LogP contribution in [-0.4, -0.2) is 53.5 Å². The molecule has 3 aromatic rings. The van der Waals surface area contributed by atoms with Crippen molar-refractivity contribution in [2.75, 3.05) is 33.3 Å². The SMILES string of the molecule is CCNC(=NCCc1cn2ccccc2n1)N(C)CCOc1ccccc1.I. The van der Waals surface area contributed by atoms with Gasteiger partial charge in [0.25, 0.3) is 0 Å². The summed E-state index contributed by atoms with van der Waals surface area (Å²) in [6.45, 7) is 4.96. The number of hydrogen-bond donors (Lipinski definition) is 1. The number of aliphatic imine (C=N–C) groups is 1. The Kier molecular flexibility index (Phi) is 9.06. The molecule has 0 atom stereocenters. The topological polar surface area (TPSA) is 54.2 Å². The van der Waals surface area contributed by atoms with Crippen LogP contribution in [0, 0.1) is 0 Å². The average Bonchev–Trinajstić information content (AvgIpc) is 3.11. The molecule has 2 heterocycles. The number of hydrogen-bond acceptors (Lipinski definition) is 3. The second-order valence-electron chi connectivity index (χ2n) is 6.27. The van der Waals surface area contributed by atoms with Crippen molar-refractivity contribution in [3.8, 4) is 5.75 Å². The summed E-state index contributed by atoms with van der Waals surface area (Å²) >= 11 is 0. The average molecular weight is 493 g/mol. The first-order valence-corrected chi connectivity index (χ1v) is 9.36. The van der Waals surface area contributed by atoms with Gasteiger partial charge in [0.1, 0.15) is 18.0 Å². The molecule has 0 spiro atoms. The minimum Gasteiger partial charge on any atom is -0.492 e. The minimum absolute atomic E-state index is 0. The first-order chi connectivity index (χ1) is 13.3. The lowest BCUT2D eigenvalue weighted by molar-refractivity contribution is 0.281. The van der Waals surface area contributed by atoms with E-state index in [-0.39, 0.29) is 24.0 Å². The van der Waals surface area contributed by atoms with E-state index in [1.165, 1.54) is 0 Å². The van der Waals surface area contributed by atoms with Crippen LogP contribution in [0.25, 0.3) is 5.65 Å². The lowest BCUT2D eigenvalue weighted by Gasteiger charge is -2.22. The van der Waals surface area contributed by atoms with Gasteiger partial charge < -0.3 is 19.4 Å². The van der Waals surface area contributed by atoms with Crippen LogP contribution in [0.4, 0.5) is 0 Å². The number of nitrogens with one attached hydrogen (secondary N) is 1. The fourth-order valence-electron chi connectivity index (χ4n) is 2.78. The van der Waals surface area contributed by atoms with E-state index in [0.717, 1.165) is 42.6 Å². The van der Waals surface area contributed by atoms with Crippen LogP contribution in [0.15, 0.2) is 65.9 Å². The van der Waals surface area contributed by atoms with E-state index in [4.69, 9.17) is 9.73 Å². The highest BCUT2D eigenvalue weighted by atomic mass is 127. The lowest BCUT2D eigenvalue weighted by atomic mass is 10.3. The van der Waals surface area contributed by atoms with Crippen molar-refractivity contribution in [1.29, 1.82) is 0 Å². The van der Waals surface area contributed by atoms with Gasteiger partial charge in [-0.1, -0.05) is 24.3 Å². The molecule has 0 aliphatic rings. The third-order valence-electron chi connectivity index (χ3n) is 4.18. The van der Waals surface area contributed by atoms with Crippen LogP contribution < -0.4 is 10.1 Å². The summed E-state index contributed by atoms with van der Waals surface area (Å²) in [7, 11) is 2.03. The smallest absolute Gasteiger partial charge is 0.193 e. The van der Waals surface area contributed by atoms with E-state index < -0.39 is 0 Å². The molecule has 0 unspecified atom stereocenters. The standard InChI is InChI=1S/C21H27N5O.HI/c1-3-22-21(25(2)15-16-27-19-9-5-4-6-10-19)23-13-12-18-17-26-14-8-7-11-20(26)24-18;/h4-11,14,17H,3,12-13,15-16H2,1-2H3,(H,22,23);1H. The number of pyridine rings is 1. The van der Waals surface area contributed by atoms with Gasteiger partial charge in [-0.15, -0.1) is 24.0 Å². The van der Waals surface area contributed by atoms with Crippen LogP contribution in [-0.2, 0) is 6.42 Å². The molecule has 7 heteroatoms. The van der Waals surface area contributed by atoms with Crippen molar-refractivity contribution in [1.82, 2.24) is 19.6 Å². The van der Waals surface area contributed by atoms with E-state index in [9.17, 15) is 0 Å². The number of ether oxygens (including phenoxy) is 1. The number of guanidine groups is 1. The molecular weight excluding hydrogens is 465 g/mol. The quantitative estimate of drug-likeness (QED) is 0.297. The Bertz CT molecular complexity index is 832. The number of aromatic nitrogens is 2. The highest BCUT2D eigenvalue weighted by Crippen LogP contribution is 2.08. The number of imidazole rings is 1. The number of rotatable bonds is 8. The van der Waals surface area contributed by atoms with E-state index in [1.54, 1.807) is 0 Å². The highest BCUT2D eigenvalue weighted by molar-refractivity contribution is 14.0. The van der Waals surface area contributed by atoms with Crippen LogP contribution in [0.1, 0.15) is 12.6 Å². The normalized spacial score (nSPS) is 11.1. The van der Waals surface area contributed by atoms with Crippen molar-refractivity contribution in [3.05, 3.63) is 66.6 Å². The molecule has 6 nitrogen and oxygen atoms in total. The zero-order valence-corrected chi connectivity index (χ0v) is 18.7. The predicted octanol–water partition coefficient (Wildman–Crippen LogP) is 3.47. The van der Waals surface area contributed by atoms with E-state index in [1.807, 2.05) is 66.2 Å². The summed E-state index contributed by atoms with van der Waals surface area (Å²) in [6.07, 6.45) is 4.89. The van der Waals surface area contributed by atoms with Crippen molar-refractivity contribution >= 4 is 35.6 Å². The highest BCUT2D eigenvalue weighted by Gasteiger charge is 2.06. The van der Waals surface area contributed by atoms with Gasteiger partial charge in [-0.25, -0.2) is 4.98 Å². The Morgan fingerprint density at radius 2 is 1.96 bits per heavy atom. The van der Waals surface area contributed by atoms with Gasteiger partial charge in [-0.2, -0.15) is 0 Å². The zero-order chi connectivity index (χ0) is 18.9. The van der Waals surface area contributed by atoms with Crippen molar-refractivity contribution in [2.45, 2.75) is 13.3 Å². The zero-order valence-electron chi connectivity index (χ0n) is 16.4. The molecule has 0 aliphatic carbocycles. The van der Waals surface area contributed by atoms with Gasteiger partial charge in [0.05, 0.1) is 12.2 Å². The van der Waals surface area contributed by atoms with E-state index in [2.05, 4.69) is 28.3 Å². The largest absolute Gasteiger partial charge is 0.492 e. The predicted molar refractivity (Wildman–Crippen MR) is 125 cm³/mol. The van der Waals surface area contributed by atoms with Gasteiger partial charge in [0.2, 0.25) is 0 Å². The second-order valence-corrected chi connectivity index (χ2v) is 6.27. The molecule has 0 amide bonds. The Hall–Kier alpha value is -2.29. The molecule has 2 aromatic heterocycles. The molecular formula is C21H28IN5O. The monoisotopic (exact) mass is 493 g/mol. The maximum absolute atomic E-state index is 5.78. The number of para-hydroxylation sites is 1. The molecule has 1 aromatic carbocycles. The van der Waals surface area contributed by atoms with Crippen molar-refractivity contribution in [3.63, 3.8) is 0 Å². The summed E-state index contributed by atoms with van der Waals surface area (Å²) in [4.78, 5) is 11.4. The number of nitrogens with zero attached hydrogens (tertiary/aromatic N) is 4. The third kappa shape index (κ3) is 6.40. The van der Waals surface area contributed by atoms with E-state index in [0.29, 0.717) is 13.2 Å². The van der Waals surface area contributed by atoms with Gasteiger partial charge in [-0.05, 0) is 31.2 Å². The molecule has 0 bridgehead atoms. The minimum atomic E-state index is 0. The molecule has 0 saturated heterocycles. The molecule has 28 heavy (non-hydrogen) atoms. The molecule has 0 aliphatic heterocycles. The maximum atomic E-state index is 5.78. The van der Waals surface area contributed by atoms with Gasteiger partial charge in [-0.3, -0.25) is 4.99 Å². The molecule has 3 rings (SSSR count). The van der Waals surface area contributed by atoms with Gasteiger partial charge in [0.15, 0.2) is 5.96 Å². The first kappa shape index (κ1) is 22.0. The first-order valence-electron chi connectivity index (χ1n) is 9.36. The molecule has 0 radical (unpaired) electrons. The van der Waals surface area contributed by atoms with Crippen molar-refractivity contribution < 1.29 is 4.74 Å². The summed E-state index contributed by atoms with van der Waals surface area (Å²) < 4.78 is 7.81. The van der Waals surface area contributed by atoms with Crippen molar-refractivity contribution in [2.24, 2.45) is 4.99 Å². The molecule has 0 fully saturated rings. The summed E-state index contributed by atoms with van der Waals surface area (Å²) in [5.74, 6) is 1.78. The third-order valence-corrected chi connectivity index (χ3v) is 4.18. The van der Waals surface area contributed by atoms with Crippen LogP contribution in [0.2, 0.25) is 0 Å². The summed E-state index contributed by atoms with van der Waals surface area (Å²) in [5.41, 5.74) is 2.02. The van der Waals surface area contributed by atoms with Crippen LogP contribution in [0.5, 0.6) is 5.75 Å². The molecule has 1 N–H and O–H groups in total. The summed E-state index contributed by atoms with van der Waals surface area (Å²) in [5, 5.41) is 3.34. The lowest BCUT2D eigenvalue weighted by Crippen LogP contribution is -2.41. The van der Waals surface area contributed by atoms with Crippen LogP contribution in [0.3, 0.4) is 0 Å². The fourth-order valence-corrected chi connectivity index (χ4v) is 2.78. The van der Waals surface area contributed by atoms with Gasteiger partial charge >= 0.3 is 0 Å². The van der Waals surface area contributed by atoms with Crippen LogP contribution >= 0.6 is 24.0 Å². The fraction of sp³-hybridized carbons (Fsp3) is 0.333. The Morgan fingerprint density at radius 1 is 1.18 bits per heavy atom. The molecule has 150 valence electrons. The number of halogens is 1. The molecule has 0 saturated carbocycles. The Labute approximate surface area is 183 Å². The number of likely N-dealkylation sites (N-methyl/N-ethyl adjacent to an activating group) is 1. The van der Waals surface area contributed by atoms with E-state index >= 15 is 0 Å². The maximum Gasteiger partial charge on any atom is 0.193 e.